The first-order valence-electron chi connectivity index (χ1n) is 8.76. The fraction of sp³-hybridized carbons (Fsp3) is 0.143. The van der Waals surface area contributed by atoms with Gasteiger partial charge in [0.2, 0.25) is 0 Å². The van der Waals surface area contributed by atoms with Crippen molar-refractivity contribution in [3.05, 3.63) is 75.1 Å². The van der Waals surface area contributed by atoms with Gasteiger partial charge in [-0.05, 0) is 42.3 Å². The first kappa shape index (κ1) is 19.0. The second-order valence-electron chi connectivity index (χ2n) is 6.44. The van der Waals surface area contributed by atoms with Gasteiger partial charge in [0.1, 0.15) is 10.5 Å². The average Bonchev–Trinajstić information content (AvgIpc) is 3.25. The Balaban J connectivity index is 1.51. The van der Waals surface area contributed by atoms with E-state index in [0.717, 1.165) is 33.5 Å². The Morgan fingerprint density at radius 1 is 1.07 bits per heavy atom. The Labute approximate surface area is 176 Å². The fourth-order valence-corrected chi connectivity index (χ4v) is 4.27. The number of carbonyl (C=O) groups is 1. The molecule has 0 saturated carbocycles. The summed E-state index contributed by atoms with van der Waals surface area (Å²) in [6.45, 7) is 0.566. The molecule has 0 aliphatic rings. The summed E-state index contributed by atoms with van der Waals surface area (Å²) >= 11 is 13.3. The van der Waals surface area contributed by atoms with Gasteiger partial charge in [-0.2, -0.15) is 5.10 Å². The third-order valence-electron chi connectivity index (χ3n) is 4.47. The largest absolute Gasteiger partial charge is 0.351 e. The number of amides is 1. The van der Waals surface area contributed by atoms with Gasteiger partial charge in [-0.3, -0.25) is 9.48 Å². The van der Waals surface area contributed by atoms with E-state index in [1.165, 1.54) is 11.3 Å². The van der Waals surface area contributed by atoms with Crippen LogP contribution in [0.2, 0.25) is 10.0 Å². The Morgan fingerprint density at radius 2 is 1.71 bits per heavy atom. The number of aryl methyl sites for hydroxylation is 1. The lowest BCUT2D eigenvalue weighted by molar-refractivity contribution is 0.0958. The summed E-state index contributed by atoms with van der Waals surface area (Å²) in [4.78, 5) is 14.2. The van der Waals surface area contributed by atoms with Crippen molar-refractivity contribution in [1.29, 1.82) is 0 Å². The molecule has 7 heteroatoms. The van der Waals surface area contributed by atoms with E-state index in [1.54, 1.807) is 0 Å². The van der Waals surface area contributed by atoms with Gasteiger partial charge in [-0.1, -0.05) is 47.5 Å². The van der Waals surface area contributed by atoms with E-state index in [0.29, 0.717) is 21.5 Å². The maximum atomic E-state index is 12.6. The number of nitrogens with one attached hydrogen (secondary N) is 1. The van der Waals surface area contributed by atoms with E-state index in [1.807, 2.05) is 66.3 Å². The van der Waals surface area contributed by atoms with Crippen LogP contribution in [-0.2, 0) is 13.5 Å². The summed E-state index contributed by atoms with van der Waals surface area (Å²) in [5.41, 5.74) is 2.96. The van der Waals surface area contributed by atoms with Crippen molar-refractivity contribution in [2.24, 2.45) is 7.05 Å². The lowest BCUT2D eigenvalue weighted by atomic mass is 10.1. The number of hydrogen-bond acceptors (Lipinski definition) is 3. The zero-order valence-corrected chi connectivity index (χ0v) is 17.4. The lowest BCUT2D eigenvalue weighted by Gasteiger charge is -2.04. The molecule has 0 spiro atoms. The molecule has 28 heavy (non-hydrogen) atoms. The van der Waals surface area contributed by atoms with E-state index in [2.05, 4.69) is 10.4 Å². The van der Waals surface area contributed by atoms with E-state index in [4.69, 9.17) is 23.2 Å². The smallest absolute Gasteiger partial charge is 0.261 e. The van der Waals surface area contributed by atoms with Gasteiger partial charge in [0, 0.05) is 34.6 Å². The molecule has 0 atom stereocenters. The Hall–Kier alpha value is -2.34. The molecule has 0 aliphatic heterocycles. The topological polar surface area (TPSA) is 46.9 Å². The summed E-state index contributed by atoms with van der Waals surface area (Å²) in [6.07, 6.45) is 0.755. The van der Waals surface area contributed by atoms with Crippen molar-refractivity contribution >= 4 is 50.7 Å². The number of rotatable bonds is 5. The lowest BCUT2D eigenvalue weighted by Crippen LogP contribution is -2.24. The Kier molecular flexibility index (Phi) is 5.40. The molecule has 0 fully saturated rings. The van der Waals surface area contributed by atoms with Crippen LogP contribution in [0.4, 0.5) is 0 Å². The summed E-state index contributed by atoms with van der Waals surface area (Å²) in [7, 11) is 1.89. The first-order chi connectivity index (χ1) is 13.5. The Morgan fingerprint density at radius 3 is 2.39 bits per heavy atom. The molecule has 1 N–H and O–H groups in total. The molecule has 2 aromatic carbocycles. The van der Waals surface area contributed by atoms with Gasteiger partial charge in [0.05, 0.1) is 4.88 Å². The maximum Gasteiger partial charge on any atom is 0.261 e. The van der Waals surface area contributed by atoms with E-state index >= 15 is 0 Å². The zero-order valence-electron chi connectivity index (χ0n) is 15.1. The van der Waals surface area contributed by atoms with Gasteiger partial charge in [0.25, 0.3) is 5.91 Å². The van der Waals surface area contributed by atoms with Gasteiger partial charge in [0.15, 0.2) is 0 Å². The first-order valence-corrected chi connectivity index (χ1v) is 10.3. The highest BCUT2D eigenvalue weighted by atomic mass is 35.5. The van der Waals surface area contributed by atoms with Crippen molar-refractivity contribution < 1.29 is 4.79 Å². The molecule has 0 bridgehead atoms. The molecule has 0 aliphatic carbocycles. The van der Waals surface area contributed by atoms with Crippen LogP contribution in [0.25, 0.3) is 21.5 Å². The van der Waals surface area contributed by atoms with Crippen LogP contribution < -0.4 is 5.32 Å². The summed E-state index contributed by atoms with van der Waals surface area (Å²) in [6, 6.07) is 17.1. The molecule has 142 valence electrons. The molecule has 0 saturated heterocycles. The summed E-state index contributed by atoms with van der Waals surface area (Å²) in [5.74, 6) is -0.0720. The van der Waals surface area contributed by atoms with E-state index in [9.17, 15) is 4.79 Å². The molecule has 1 amide bonds. The second-order valence-corrected chi connectivity index (χ2v) is 8.34. The number of thiophene rings is 1. The highest BCUT2D eigenvalue weighted by Gasteiger charge is 2.17. The predicted molar refractivity (Wildman–Crippen MR) is 117 cm³/mol. The van der Waals surface area contributed by atoms with Gasteiger partial charge >= 0.3 is 0 Å². The van der Waals surface area contributed by atoms with Crippen LogP contribution in [0.15, 0.2) is 54.6 Å². The maximum absolute atomic E-state index is 12.6. The number of benzene rings is 2. The zero-order chi connectivity index (χ0) is 19.7. The van der Waals surface area contributed by atoms with Gasteiger partial charge in [-0.15, -0.1) is 11.3 Å². The highest BCUT2D eigenvalue weighted by molar-refractivity contribution is 7.20. The molecule has 2 aromatic heterocycles. The van der Waals surface area contributed by atoms with Crippen LogP contribution in [0.3, 0.4) is 0 Å². The van der Waals surface area contributed by atoms with Crippen LogP contribution in [0, 0.1) is 0 Å². The number of nitrogens with zero attached hydrogens (tertiary/aromatic N) is 2. The van der Waals surface area contributed by atoms with Gasteiger partial charge in [-0.25, -0.2) is 0 Å². The van der Waals surface area contributed by atoms with Crippen LogP contribution >= 0.6 is 34.5 Å². The van der Waals surface area contributed by atoms with Crippen molar-refractivity contribution in [2.75, 3.05) is 6.54 Å². The van der Waals surface area contributed by atoms with Crippen molar-refractivity contribution in [1.82, 2.24) is 15.1 Å². The number of halogens is 2. The van der Waals surface area contributed by atoms with Gasteiger partial charge < -0.3 is 5.32 Å². The average molecular weight is 430 g/mol. The normalized spacial score (nSPS) is 11.1. The molecule has 4 nitrogen and oxygen atoms in total. The number of hydrogen-bond donors (Lipinski definition) is 1. The molecule has 0 radical (unpaired) electrons. The predicted octanol–water partition coefficient (Wildman–Crippen LogP) is 5.58. The molecule has 2 heterocycles. The molecule has 4 aromatic rings. The molecule has 4 rings (SSSR count). The fourth-order valence-electron chi connectivity index (χ4n) is 3.03. The number of carbonyl (C=O) groups excluding carboxylic acids is 1. The minimum atomic E-state index is -0.0720. The van der Waals surface area contributed by atoms with Crippen molar-refractivity contribution in [3.8, 4) is 11.3 Å². The second kappa shape index (κ2) is 7.95. The minimum absolute atomic E-state index is 0.0720. The standard InChI is InChI=1S/C21H17Cl2N3OS/c1-26-21-17(19(25-26)14-4-8-16(23)9-5-14)12-18(28-21)20(27)24-11-10-13-2-6-15(22)7-3-13/h2-9,12H,10-11H2,1H3,(H,24,27). The number of aromatic nitrogens is 2. The molecular formula is C21H17Cl2N3OS. The van der Waals surface area contributed by atoms with Crippen LogP contribution in [-0.4, -0.2) is 22.2 Å². The Bertz CT molecular complexity index is 1130. The highest BCUT2D eigenvalue weighted by Crippen LogP contribution is 2.34. The quantitative estimate of drug-likeness (QED) is 0.449. The van der Waals surface area contributed by atoms with Crippen molar-refractivity contribution in [3.63, 3.8) is 0 Å². The monoisotopic (exact) mass is 429 g/mol. The van der Waals surface area contributed by atoms with Crippen molar-refractivity contribution in [2.45, 2.75) is 6.42 Å². The van der Waals surface area contributed by atoms with Crippen LogP contribution in [0.5, 0.6) is 0 Å². The summed E-state index contributed by atoms with van der Waals surface area (Å²) in [5, 5.41) is 9.95. The number of fused-ring (bicyclic) bond motifs is 1. The van der Waals surface area contributed by atoms with E-state index in [-0.39, 0.29) is 5.91 Å². The summed E-state index contributed by atoms with van der Waals surface area (Å²) < 4.78 is 1.81. The molecular weight excluding hydrogens is 413 g/mol. The third kappa shape index (κ3) is 3.92. The van der Waals surface area contributed by atoms with E-state index < -0.39 is 0 Å². The minimum Gasteiger partial charge on any atom is -0.351 e. The third-order valence-corrected chi connectivity index (χ3v) is 6.17. The SMILES string of the molecule is Cn1nc(-c2ccc(Cl)cc2)c2cc(C(=O)NCCc3ccc(Cl)cc3)sc21. The van der Waals surface area contributed by atoms with Crippen LogP contribution in [0.1, 0.15) is 15.2 Å². The molecule has 0 unspecified atom stereocenters.